The molecule has 1 atom stereocenters. The van der Waals surface area contributed by atoms with Gasteiger partial charge in [0.2, 0.25) is 0 Å². The third-order valence-electron chi connectivity index (χ3n) is 9.73. The van der Waals surface area contributed by atoms with Gasteiger partial charge < -0.3 is 9.73 Å². The van der Waals surface area contributed by atoms with Crippen LogP contribution in [-0.4, -0.2) is 17.8 Å². The van der Waals surface area contributed by atoms with Crippen molar-refractivity contribution in [3.63, 3.8) is 0 Å². The minimum atomic E-state index is -0.226. The van der Waals surface area contributed by atoms with E-state index in [0.29, 0.717) is 5.84 Å². The van der Waals surface area contributed by atoms with Crippen molar-refractivity contribution in [2.75, 3.05) is 0 Å². The van der Waals surface area contributed by atoms with Crippen molar-refractivity contribution in [1.29, 1.82) is 0 Å². The molecule has 7 aromatic rings. The minimum absolute atomic E-state index is 0.226. The molecular formula is C43H29N3O. The van der Waals surface area contributed by atoms with Gasteiger partial charge in [0.25, 0.3) is 0 Å². The fraction of sp³-hybridized carbons (Fsp3) is 0.0698. The second-order valence-electron chi connectivity index (χ2n) is 12.4. The number of nitrogens with zero attached hydrogens (tertiary/aromatic N) is 2. The third kappa shape index (κ3) is 4.01. The van der Waals surface area contributed by atoms with Gasteiger partial charge in [-0.2, -0.15) is 0 Å². The molecule has 1 unspecified atom stereocenters. The summed E-state index contributed by atoms with van der Waals surface area (Å²) in [5.74, 6) is 1.52. The molecule has 1 aliphatic heterocycles. The lowest BCUT2D eigenvalue weighted by atomic mass is 9.93. The van der Waals surface area contributed by atoms with Crippen molar-refractivity contribution < 1.29 is 4.42 Å². The molecule has 0 saturated carbocycles. The van der Waals surface area contributed by atoms with E-state index in [-0.39, 0.29) is 6.17 Å². The Kier molecular flexibility index (Phi) is 5.73. The average Bonchev–Trinajstić information content (AvgIpc) is 3.70. The molecule has 2 heterocycles. The number of furan rings is 1. The fourth-order valence-electron chi connectivity index (χ4n) is 7.61. The second-order valence-corrected chi connectivity index (χ2v) is 12.4. The van der Waals surface area contributed by atoms with Gasteiger partial charge in [0.1, 0.15) is 23.2 Å². The number of benzene rings is 6. The average molecular weight is 604 g/mol. The first-order chi connectivity index (χ1) is 23.3. The fourth-order valence-corrected chi connectivity index (χ4v) is 7.61. The highest BCUT2D eigenvalue weighted by Gasteiger charge is 2.26. The predicted molar refractivity (Wildman–Crippen MR) is 194 cm³/mol. The molecule has 3 aliphatic rings. The van der Waals surface area contributed by atoms with Gasteiger partial charge >= 0.3 is 0 Å². The maximum absolute atomic E-state index is 6.77. The second kappa shape index (κ2) is 10.3. The highest BCUT2D eigenvalue weighted by Crippen LogP contribution is 2.50. The van der Waals surface area contributed by atoms with Crippen LogP contribution in [0.25, 0.3) is 66.1 Å². The van der Waals surface area contributed by atoms with Gasteiger partial charge in [0.05, 0.1) is 0 Å². The Morgan fingerprint density at radius 3 is 2.11 bits per heavy atom. The number of amidine groups is 2. The summed E-state index contributed by atoms with van der Waals surface area (Å²) in [7, 11) is 0. The van der Waals surface area contributed by atoms with Gasteiger partial charge in [-0.05, 0) is 63.1 Å². The number of para-hydroxylation sites is 1. The van der Waals surface area contributed by atoms with E-state index in [1.807, 2.05) is 24.3 Å². The van der Waals surface area contributed by atoms with Crippen LogP contribution in [0.1, 0.15) is 24.0 Å². The smallest absolute Gasteiger partial charge is 0.160 e. The van der Waals surface area contributed by atoms with Crippen LogP contribution in [0.5, 0.6) is 0 Å². The van der Waals surface area contributed by atoms with Crippen LogP contribution in [0.3, 0.4) is 0 Å². The number of hydrogen-bond acceptors (Lipinski definition) is 4. The Labute approximate surface area is 272 Å². The monoisotopic (exact) mass is 603 g/mol. The van der Waals surface area contributed by atoms with Gasteiger partial charge in [0.15, 0.2) is 5.84 Å². The number of aliphatic imine (C=N–C) groups is 2. The summed E-state index contributed by atoms with van der Waals surface area (Å²) < 4.78 is 6.77. The molecule has 0 bridgehead atoms. The summed E-state index contributed by atoms with van der Waals surface area (Å²) in [5.41, 5.74) is 12.3. The molecule has 1 N–H and O–H groups in total. The first-order valence-corrected chi connectivity index (χ1v) is 16.3. The molecule has 222 valence electrons. The van der Waals surface area contributed by atoms with Crippen molar-refractivity contribution in [2.45, 2.75) is 19.0 Å². The van der Waals surface area contributed by atoms with Crippen LogP contribution < -0.4 is 5.32 Å². The normalized spacial score (nSPS) is 16.6. The summed E-state index contributed by atoms with van der Waals surface area (Å²) in [5, 5.41) is 8.25. The van der Waals surface area contributed by atoms with Crippen LogP contribution >= 0.6 is 0 Å². The van der Waals surface area contributed by atoms with E-state index < -0.39 is 0 Å². The molecule has 10 rings (SSSR count). The van der Waals surface area contributed by atoms with Gasteiger partial charge in [-0.3, -0.25) is 0 Å². The summed E-state index contributed by atoms with van der Waals surface area (Å²) >= 11 is 0. The highest BCUT2D eigenvalue weighted by molar-refractivity contribution is 6.24. The van der Waals surface area contributed by atoms with Crippen LogP contribution in [0.4, 0.5) is 0 Å². The molecule has 4 heteroatoms. The largest absolute Gasteiger partial charge is 0.455 e. The van der Waals surface area contributed by atoms with E-state index in [1.54, 1.807) is 0 Å². The Bertz CT molecular complexity index is 2520. The van der Waals surface area contributed by atoms with E-state index >= 15 is 0 Å². The first kappa shape index (κ1) is 26.2. The van der Waals surface area contributed by atoms with Gasteiger partial charge in [-0.25, -0.2) is 9.98 Å². The summed E-state index contributed by atoms with van der Waals surface area (Å²) in [6.45, 7) is 0. The molecule has 0 amide bonds. The first-order valence-electron chi connectivity index (χ1n) is 16.3. The SMILES string of the molecule is C1=CC(C2N=C(c3cccc4oc5c(-c6ccc7c8c(cccc68)-c6ccccc6-7)cccc5c34)N=C(c3ccccc3)N2)=CCC1. The number of hydrogen-bond donors (Lipinski definition) is 1. The number of rotatable bonds is 4. The maximum atomic E-state index is 6.77. The van der Waals surface area contributed by atoms with Crippen molar-refractivity contribution in [2.24, 2.45) is 9.98 Å². The topological polar surface area (TPSA) is 49.9 Å². The molecular weight excluding hydrogens is 574 g/mol. The Hall–Kier alpha value is -6.00. The third-order valence-corrected chi connectivity index (χ3v) is 9.73. The summed E-state index contributed by atoms with van der Waals surface area (Å²) in [6.07, 6.45) is 8.54. The van der Waals surface area contributed by atoms with Crippen molar-refractivity contribution in [3.05, 3.63) is 156 Å². The van der Waals surface area contributed by atoms with Gasteiger partial charge in [-0.15, -0.1) is 0 Å². The van der Waals surface area contributed by atoms with Crippen LogP contribution in [0.15, 0.2) is 160 Å². The lowest BCUT2D eigenvalue weighted by Gasteiger charge is -2.25. The van der Waals surface area contributed by atoms with Crippen molar-refractivity contribution >= 4 is 44.4 Å². The van der Waals surface area contributed by atoms with Gasteiger partial charge in [-0.1, -0.05) is 133 Å². The van der Waals surface area contributed by atoms with Crippen LogP contribution in [0.2, 0.25) is 0 Å². The number of fused-ring (bicyclic) bond motifs is 6. The number of nitrogens with one attached hydrogen (secondary N) is 1. The molecule has 6 aromatic carbocycles. The predicted octanol–water partition coefficient (Wildman–Crippen LogP) is 10.5. The molecule has 0 spiro atoms. The molecule has 4 nitrogen and oxygen atoms in total. The van der Waals surface area contributed by atoms with E-state index in [9.17, 15) is 0 Å². The molecule has 47 heavy (non-hydrogen) atoms. The highest BCUT2D eigenvalue weighted by atomic mass is 16.3. The van der Waals surface area contributed by atoms with E-state index in [4.69, 9.17) is 14.4 Å². The Morgan fingerprint density at radius 1 is 0.574 bits per heavy atom. The van der Waals surface area contributed by atoms with E-state index in [1.165, 1.54) is 38.6 Å². The molecule has 0 radical (unpaired) electrons. The Morgan fingerprint density at radius 2 is 1.28 bits per heavy atom. The molecule has 2 aliphatic carbocycles. The molecule has 0 saturated heterocycles. The summed E-state index contributed by atoms with van der Waals surface area (Å²) in [4.78, 5) is 10.3. The zero-order valence-corrected chi connectivity index (χ0v) is 25.6. The van der Waals surface area contributed by atoms with Crippen molar-refractivity contribution in [3.8, 4) is 33.4 Å². The van der Waals surface area contributed by atoms with Crippen LogP contribution in [-0.2, 0) is 0 Å². The lowest BCUT2D eigenvalue weighted by Crippen LogP contribution is -2.40. The molecule has 0 fully saturated rings. The standard InChI is InChI=1S/C43H29N3O/c1-3-12-26(13-4-1)41-44-42(27-14-5-2-6-15-27)46-43(45-41)36-22-11-23-37-39(36)35-21-10-20-34(40(35)47-37)30-24-25-33-29-17-8-7-16-28(29)31-18-9-19-32(30)38(31)33/h1,3-5,7-25,42H,2,6H2,(H,44,45,46). The Balaban J connectivity index is 1.17. The van der Waals surface area contributed by atoms with Crippen molar-refractivity contribution in [1.82, 2.24) is 5.32 Å². The molecule has 1 aromatic heterocycles. The van der Waals surface area contributed by atoms with E-state index in [0.717, 1.165) is 62.9 Å². The van der Waals surface area contributed by atoms with Crippen LogP contribution in [0, 0.1) is 0 Å². The lowest BCUT2D eigenvalue weighted by molar-refractivity contribution is 0.670. The quantitative estimate of drug-likeness (QED) is 0.218. The van der Waals surface area contributed by atoms with Gasteiger partial charge in [0, 0.05) is 27.5 Å². The zero-order valence-electron chi connectivity index (χ0n) is 25.6. The summed E-state index contributed by atoms with van der Waals surface area (Å²) in [6, 6.07) is 42.9. The number of allylic oxidation sites excluding steroid dienone is 2. The van der Waals surface area contributed by atoms with E-state index in [2.05, 4.69) is 121 Å². The zero-order chi connectivity index (χ0) is 30.9. The minimum Gasteiger partial charge on any atom is -0.455 e. The maximum Gasteiger partial charge on any atom is 0.160 e.